The van der Waals surface area contributed by atoms with Gasteiger partial charge in [0.2, 0.25) is 11.8 Å². The first kappa shape index (κ1) is 11.1. The van der Waals surface area contributed by atoms with Crippen LogP contribution in [0, 0.1) is 17.3 Å². The van der Waals surface area contributed by atoms with Gasteiger partial charge in [-0.15, -0.1) is 0 Å². The molecule has 0 aromatic heterocycles. The number of rotatable bonds is 3. The van der Waals surface area contributed by atoms with Gasteiger partial charge < -0.3 is 4.74 Å². The van der Waals surface area contributed by atoms with E-state index in [1.54, 1.807) is 6.92 Å². The van der Waals surface area contributed by atoms with Crippen molar-refractivity contribution in [3.8, 4) is 0 Å². The maximum atomic E-state index is 11.8. The number of amides is 2. The lowest BCUT2D eigenvalue weighted by Crippen LogP contribution is -2.40. The van der Waals surface area contributed by atoms with E-state index >= 15 is 0 Å². The number of ether oxygens (including phenoxy) is 1. The summed E-state index contributed by atoms with van der Waals surface area (Å²) in [6.07, 6.45) is 0. The van der Waals surface area contributed by atoms with Gasteiger partial charge in [-0.1, -0.05) is 13.8 Å². The van der Waals surface area contributed by atoms with Gasteiger partial charge in [-0.3, -0.25) is 19.3 Å². The van der Waals surface area contributed by atoms with Gasteiger partial charge in [-0.2, -0.15) is 0 Å². The Hall–Kier alpha value is -1.39. The molecule has 0 aromatic rings. The van der Waals surface area contributed by atoms with Crippen molar-refractivity contribution >= 4 is 17.8 Å². The maximum Gasteiger partial charge on any atom is 0.326 e. The molecule has 2 aliphatic rings. The average molecular weight is 225 g/mol. The number of hydrogen-bond acceptors (Lipinski definition) is 4. The van der Waals surface area contributed by atoms with Crippen LogP contribution < -0.4 is 0 Å². The topological polar surface area (TPSA) is 63.7 Å². The molecule has 2 rings (SSSR count). The van der Waals surface area contributed by atoms with Crippen LogP contribution in [0.2, 0.25) is 0 Å². The largest absolute Gasteiger partial charge is 0.465 e. The summed E-state index contributed by atoms with van der Waals surface area (Å²) in [4.78, 5) is 35.9. The number of fused-ring (bicyclic) bond motifs is 1. The number of esters is 1. The Bertz CT molecular complexity index is 350. The molecule has 0 radical (unpaired) electrons. The number of carbonyl (C=O) groups is 3. The second-order valence-electron chi connectivity index (χ2n) is 4.84. The van der Waals surface area contributed by atoms with E-state index < -0.39 is 5.97 Å². The van der Waals surface area contributed by atoms with E-state index in [0.717, 1.165) is 4.90 Å². The van der Waals surface area contributed by atoms with Gasteiger partial charge >= 0.3 is 5.97 Å². The van der Waals surface area contributed by atoms with Crippen LogP contribution in [0.3, 0.4) is 0 Å². The Morgan fingerprint density at radius 3 is 2.25 bits per heavy atom. The molecule has 0 aromatic carbocycles. The zero-order valence-electron chi connectivity index (χ0n) is 9.65. The van der Waals surface area contributed by atoms with Crippen molar-refractivity contribution in [3.63, 3.8) is 0 Å². The minimum atomic E-state index is -0.525. The summed E-state index contributed by atoms with van der Waals surface area (Å²) in [7, 11) is 0. The summed E-state index contributed by atoms with van der Waals surface area (Å²) in [6, 6.07) is 0. The quantitative estimate of drug-likeness (QED) is 0.508. The van der Waals surface area contributed by atoms with Crippen molar-refractivity contribution in [2.45, 2.75) is 20.8 Å². The number of imide groups is 1. The minimum absolute atomic E-state index is 0.223. The second kappa shape index (κ2) is 3.30. The summed E-state index contributed by atoms with van der Waals surface area (Å²) >= 11 is 0. The van der Waals surface area contributed by atoms with Crippen LogP contribution in [0.1, 0.15) is 20.8 Å². The Labute approximate surface area is 93.7 Å². The standard InChI is InChI=1S/C11H15NO4/c1-4-16-6(13)5-12-9(14)7-8(10(12)15)11(7,2)3/h7-8H,4-5H2,1-3H3. The molecule has 2 fully saturated rings. The van der Waals surface area contributed by atoms with Gasteiger partial charge in [0.25, 0.3) is 0 Å². The number of nitrogens with zero attached hydrogens (tertiary/aromatic N) is 1. The Kier molecular flexibility index (Phi) is 2.29. The molecule has 16 heavy (non-hydrogen) atoms. The van der Waals surface area contributed by atoms with Crippen LogP contribution in [-0.2, 0) is 19.1 Å². The lowest BCUT2D eigenvalue weighted by Gasteiger charge is -2.19. The van der Waals surface area contributed by atoms with Crippen LogP contribution in [0.4, 0.5) is 0 Å². The molecule has 0 N–H and O–H groups in total. The first-order chi connectivity index (χ1) is 7.41. The molecule has 1 saturated heterocycles. The molecule has 1 aliphatic carbocycles. The van der Waals surface area contributed by atoms with Gasteiger partial charge in [0.15, 0.2) is 0 Å². The lowest BCUT2D eigenvalue weighted by molar-refractivity contribution is -0.154. The summed E-state index contributed by atoms with van der Waals surface area (Å²) < 4.78 is 4.72. The predicted molar refractivity (Wildman–Crippen MR) is 54.1 cm³/mol. The maximum absolute atomic E-state index is 11.8. The zero-order chi connectivity index (χ0) is 12.1. The summed E-state index contributed by atoms with van der Waals surface area (Å²) in [5, 5.41) is 0. The highest BCUT2D eigenvalue weighted by molar-refractivity contribution is 6.11. The van der Waals surface area contributed by atoms with E-state index in [9.17, 15) is 14.4 Å². The highest BCUT2D eigenvalue weighted by Crippen LogP contribution is 2.63. The summed E-state index contributed by atoms with van der Waals surface area (Å²) in [5.41, 5.74) is -0.223. The minimum Gasteiger partial charge on any atom is -0.465 e. The molecule has 5 nitrogen and oxygen atoms in total. The molecule has 88 valence electrons. The molecule has 2 atom stereocenters. The Balaban J connectivity index is 2.03. The van der Waals surface area contributed by atoms with E-state index in [2.05, 4.69) is 0 Å². The average Bonchev–Trinajstić information content (AvgIpc) is 2.66. The van der Waals surface area contributed by atoms with E-state index in [-0.39, 0.29) is 42.2 Å². The second-order valence-corrected chi connectivity index (χ2v) is 4.84. The normalized spacial score (nSPS) is 30.3. The van der Waals surface area contributed by atoms with Crippen molar-refractivity contribution in [1.82, 2.24) is 4.90 Å². The van der Waals surface area contributed by atoms with Crippen molar-refractivity contribution in [3.05, 3.63) is 0 Å². The van der Waals surface area contributed by atoms with Crippen LogP contribution in [0.25, 0.3) is 0 Å². The van der Waals surface area contributed by atoms with Crippen LogP contribution in [0.5, 0.6) is 0 Å². The highest BCUT2D eigenvalue weighted by Gasteiger charge is 2.72. The van der Waals surface area contributed by atoms with Crippen molar-refractivity contribution in [2.75, 3.05) is 13.2 Å². The SMILES string of the molecule is CCOC(=O)CN1C(=O)C2C(C1=O)C2(C)C. The fourth-order valence-electron chi connectivity index (χ4n) is 2.50. The number of likely N-dealkylation sites (tertiary alicyclic amines) is 1. The highest BCUT2D eigenvalue weighted by atomic mass is 16.5. The molecule has 5 heteroatoms. The monoisotopic (exact) mass is 225 g/mol. The first-order valence-corrected chi connectivity index (χ1v) is 5.42. The lowest BCUT2D eigenvalue weighted by atomic mass is 10.1. The zero-order valence-corrected chi connectivity index (χ0v) is 9.65. The number of carbonyl (C=O) groups excluding carboxylic acids is 3. The molecule has 2 unspecified atom stereocenters. The third kappa shape index (κ3) is 1.34. The fraction of sp³-hybridized carbons (Fsp3) is 0.727. The van der Waals surface area contributed by atoms with Crippen LogP contribution >= 0.6 is 0 Å². The first-order valence-electron chi connectivity index (χ1n) is 5.42. The Morgan fingerprint density at radius 2 is 1.81 bits per heavy atom. The molecule has 0 spiro atoms. The molecule has 1 aliphatic heterocycles. The third-order valence-corrected chi connectivity index (χ3v) is 3.48. The molecule has 1 saturated carbocycles. The number of hydrogen-bond donors (Lipinski definition) is 0. The van der Waals surface area contributed by atoms with Gasteiger partial charge in [0.05, 0.1) is 18.4 Å². The van der Waals surface area contributed by atoms with Gasteiger partial charge in [-0.25, -0.2) is 0 Å². The molecular formula is C11H15NO4. The van der Waals surface area contributed by atoms with E-state index in [0.29, 0.717) is 0 Å². The van der Waals surface area contributed by atoms with E-state index in [1.807, 2.05) is 13.8 Å². The van der Waals surface area contributed by atoms with E-state index in [4.69, 9.17) is 4.74 Å². The van der Waals surface area contributed by atoms with Gasteiger partial charge in [0.1, 0.15) is 6.54 Å². The summed E-state index contributed by atoms with van der Waals surface area (Å²) in [5.74, 6) is -1.44. The molecular weight excluding hydrogens is 210 g/mol. The fourth-order valence-corrected chi connectivity index (χ4v) is 2.50. The van der Waals surface area contributed by atoms with Crippen LogP contribution in [-0.4, -0.2) is 35.8 Å². The van der Waals surface area contributed by atoms with Crippen molar-refractivity contribution < 1.29 is 19.1 Å². The van der Waals surface area contributed by atoms with Crippen molar-refractivity contribution in [2.24, 2.45) is 17.3 Å². The smallest absolute Gasteiger partial charge is 0.326 e. The van der Waals surface area contributed by atoms with Gasteiger partial charge in [0, 0.05) is 0 Å². The van der Waals surface area contributed by atoms with E-state index in [1.165, 1.54) is 0 Å². The third-order valence-electron chi connectivity index (χ3n) is 3.48. The van der Waals surface area contributed by atoms with Crippen LogP contribution in [0.15, 0.2) is 0 Å². The Morgan fingerprint density at radius 1 is 1.31 bits per heavy atom. The predicted octanol–water partition coefficient (Wildman–Crippen LogP) is 0.190. The summed E-state index contributed by atoms with van der Waals surface area (Å²) in [6.45, 7) is 5.51. The number of piperidine rings is 1. The molecule has 0 bridgehead atoms. The van der Waals surface area contributed by atoms with Crippen molar-refractivity contribution in [1.29, 1.82) is 0 Å². The van der Waals surface area contributed by atoms with Gasteiger partial charge in [-0.05, 0) is 12.3 Å². The molecule has 1 heterocycles. The molecule has 2 amide bonds.